The van der Waals surface area contributed by atoms with Crippen LogP contribution >= 0.6 is 39.7 Å². The Morgan fingerprint density at radius 1 is 1.00 bits per heavy atom. The molecule has 0 aliphatic heterocycles. The molecule has 3 N–H and O–H groups in total. The number of ether oxygens (including phenoxy) is 1. The Hall–Kier alpha value is -2.68. The van der Waals surface area contributed by atoms with Crippen LogP contribution in [0.4, 0.5) is 0 Å². The van der Waals surface area contributed by atoms with Crippen molar-refractivity contribution in [3.05, 3.63) is 75.7 Å². The Labute approximate surface area is 192 Å². The second-order valence-corrected chi connectivity index (χ2v) is 7.96. The summed E-state index contributed by atoms with van der Waals surface area (Å²) in [5, 5.41) is 4.96. The largest absolute Gasteiger partial charge is 0.482 e. The van der Waals surface area contributed by atoms with Crippen molar-refractivity contribution in [3.63, 3.8) is 0 Å². The summed E-state index contributed by atoms with van der Waals surface area (Å²) in [5.74, 6) is -0.406. The van der Waals surface area contributed by atoms with Crippen molar-refractivity contribution < 1.29 is 14.3 Å². The van der Waals surface area contributed by atoms with Crippen LogP contribution in [0.5, 0.6) is 5.75 Å². The number of hydrogen-bond donors (Lipinski definition) is 3. The number of benzene rings is 3. The Balaban J connectivity index is 1.44. The molecule has 154 valence electrons. The molecule has 0 fully saturated rings. The SMILES string of the molecule is O=C(COc1ccc(Br)cc1Cl)NNC(=S)NC(=O)Cc1cccc2ccccc12. The van der Waals surface area contributed by atoms with Crippen LogP contribution in [-0.4, -0.2) is 23.5 Å². The molecule has 2 amide bonds. The molecule has 6 nitrogen and oxygen atoms in total. The lowest BCUT2D eigenvalue weighted by Crippen LogP contribution is -2.50. The third-order valence-corrected chi connectivity index (χ3v) is 5.04. The highest BCUT2D eigenvalue weighted by Crippen LogP contribution is 2.27. The van der Waals surface area contributed by atoms with Crippen molar-refractivity contribution in [1.82, 2.24) is 16.2 Å². The minimum atomic E-state index is -0.486. The van der Waals surface area contributed by atoms with Crippen LogP contribution in [0, 0.1) is 0 Å². The predicted molar refractivity (Wildman–Crippen MR) is 124 cm³/mol. The molecule has 0 atom stereocenters. The van der Waals surface area contributed by atoms with Crippen LogP contribution in [0.2, 0.25) is 5.02 Å². The van der Waals surface area contributed by atoms with Crippen molar-refractivity contribution >= 4 is 67.4 Å². The normalized spacial score (nSPS) is 10.3. The molecular formula is C21H17BrClN3O3S. The highest BCUT2D eigenvalue weighted by atomic mass is 79.9. The molecule has 0 saturated heterocycles. The van der Waals surface area contributed by atoms with Gasteiger partial charge < -0.3 is 10.1 Å². The number of nitrogens with one attached hydrogen (secondary N) is 3. The zero-order chi connectivity index (χ0) is 21.5. The van der Waals surface area contributed by atoms with Crippen LogP contribution in [0.25, 0.3) is 10.8 Å². The summed E-state index contributed by atoms with van der Waals surface area (Å²) in [4.78, 5) is 24.2. The van der Waals surface area contributed by atoms with Crippen molar-refractivity contribution in [1.29, 1.82) is 0 Å². The smallest absolute Gasteiger partial charge is 0.276 e. The van der Waals surface area contributed by atoms with E-state index in [1.54, 1.807) is 18.2 Å². The Bertz CT molecular complexity index is 1100. The molecule has 0 unspecified atom stereocenters. The van der Waals surface area contributed by atoms with Crippen LogP contribution in [0.3, 0.4) is 0 Å². The zero-order valence-electron chi connectivity index (χ0n) is 15.6. The van der Waals surface area contributed by atoms with Gasteiger partial charge in [-0.15, -0.1) is 0 Å². The molecule has 0 aliphatic carbocycles. The van der Waals surface area contributed by atoms with Crippen molar-refractivity contribution in [2.45, 2.75) is 6.42 Å². The van der Waals surface area contributed by atoms with Gasteiger partial charge in [-0.1, -0.05) is 70.0 Å². The van der Waals surface area contributed by atoms with Gasteiger partial charge in [-0.3, -0.25) is 20.4 Å². The molecule has 0 aliphatic rings. The standard InChI is InChI=1S/C21H17BrClN3O3S/c22-15-8-9-18(17(23)11-15)29-12-20(28)25-26-21(30)24-19(27)10-14-6-3-5-13-4-1-2-7-16(13)14/h1-9,11H,10,12H2,(H,25,28)(H2,24,26,27,30). The zero-order valence-corrected chi connectivity index (χ0v) is 18.7. The van der Waals surface area contributed by atoms with E-state index in [1.165, 1.54) is 0 Å². The number of fused-ring (bicyclic) bond motifs is 1. The van der Waals surface area contributed by atoms with Crippen LogP contribution in [-0.2, 0) is 16.0 Å². The lowest BCUT2D eigenvalue weighted by molar-refractivity contribution is -0.124. The van der Waals surface area contributed by atoms with E-state index in [0.29, 0.717) is 10.8 Å². The van der Waals surface area contributed by atoms with E-state index >= 15 is 0 Å². The number of carbonyl (C=O) groups is 2. The number of rotatable bonds is 5. The molecule has 3 aromatic carbocycles. The number of thiocarbonyl (C=S) groups is 1. The second kappa shape index (κ2) is 10.4. The minimum Gasteiger partial charge on any atom is -0.482 e. The monoisotopic (exact) mass is 505 g/mol. The van der Waals surface area contributed by atoms with Gasteiger partial charge in [0, 0.05) is 4.47 Å². The maximum atomic E-state index is 12.3. The molecule has 9 heteroatoms. The topological polar surface area (TPSA) is 79.5 Å². The molecule has 30 heavy (non-hydrogen) atoms. The molecule has 3 aromatic rings. The summed E-state index contributed by atoms with van der Waals surface area (Å²) in [7, 11) is 0. The van der Waals surface area contributed by atoms with E-state index in [0.717, 1.165) is 20.8 Å². The van der Waals surface area contributed by atoms with Gasteiger partial charge in [0.05, 0.1) is 11.4 Å². The number of hydrogen-bond acceptors (Lipinski definition) is 4. The maximum Gasteiger partial charge on any atom is 0.276 e. The van der Waals surface area contributed by atoms with Crippen molar-refractivity contribution in [3.8, 4) is 5.75 Å². The summed E-state index contributed by atoms with van der Waals surface area (Å²) in [6.07, 6.45) is 0.155. The molecule has 0 heterocycles. The van der Waals surface area contributed by atoms with Crippen LogP contribution in [0.15, 0.2) is 65.1 Å². The first kappa shape index (κ1) is 22.0. The molecule has 3 rings (SSSR count). The molecule has 0 radical (unpaired) electrons. The summed E-state index contributed by atoms with van der Waals surface area (Å²) >= 11 is 14.4. The van der Waals surface area contributed by atoms with Crippen LogP contribution in [0.1, 0.15) is 5.56 Å². The fourth-order valence-electron chi connectivity index (χ4n) is 2.72. The lowest BCUT2D eigenvalue weighted by Gasteiger charge is -2.12. The fourth-order valence-corrected chi connectivity index (χ4v) is 3.61. The summed E-state index contributed by atoms with van der Waals surface area (Å²) in [6, 6.07) is 18.7. The van der Waals surface area contributed by atoms with Gasteiger partial charge in [-0.2, -0.15) is 0 Å². The summed E-state index contributed by atoms with van der Waals surface area (Å²) in [6.45, 7) is -0.277. The van der Waals surface area contributed by atoms with Gasteiger partial charge in [0.2, 0.25) is 5.91 Å². The van der Waals surface area contributed by atoms with Gasteiger partial charge in [0.25, 0.3) is 5.91 Å². The van der Waals surface area contributed by atoms with E-state index in [4.69, 9.17) is 28.6 Å². The summed E-state index contributed by atoms with van der Waals surface area (Å²) in [5.41, 5.74) is 5.72. The highest BCUT2D eigenvalue weighted by Gasteiger charge is 2.10. The first-order valence-corrected chi connectivity index (χ1v) is 10.4. The maximum absolute atomic E-state index is 12.3. The number of amides is 2. The van der Waals surface area contributed by atoms with E-state index < -0.39 is 5.91 Å². The van der Waals surface area contributed by atoms with Gasteiger partial charge in [0.1, 0.15) is 5.75 Å². The van der Waals surface area contributed by atoms with Crippen LogP contribution < -0.4 is 20.9 Å². The average molecular weight is 507 g/mol. The summed E-state index contributed by atoms with van der Waals surface area (Å²) < 4.78 is 6.15. The number of hydrazine groups is 1. The first-order chi connectivity index (χ1) is 14.4. The molecule has 0 saturated carbocycles. The van der Waals surface area contributed by atoms with Crippen molar-refractivity contribution in [2.75, 3.05) is 6.61 Å². The second-order valence-electron chi connectivity index (χ2n) is 6.23. The first-order valence-electron chi connectivity index (χ1n) is 8.85. The Kier molecular flexibility index (Phi) is 7.62. The van der Waals surface area contributed by atoms with E-state index in [1.807, 2.05) is 42.5 Å². The third kappa shape index (κ3) is 6.16. The predicted octanol–water partition coefficient (Wildman–Crippen LogP) is 3.90. The molecule has 0 bridgehead atoms. The lowest BCUT2D eigenvalue weighted by atomic mass is 10.0. The van der Waals surface area contributed by atoms with Crippen molar-refractivity contribution in [2.24, 2.45) is 0 Å². The van der Waals surface area contributed by atoms with E-state index in [9.17, 15) is 9.59 Å². The highest BCUT2D eigenvalue weighted by molar-refractivity contribution is 9.10. The number of carbonyl (C=O) groups excluding carboxylic acids is 2. The molecule has 0 spiro atoms. The van der Waals surface area contributed by atoms with Gasteiger partial charge in [-0.05, 0) is 46.8 Å². The van der Waals surface area contributed by atoms with E-state index in [-0.39, 0.29) is 24.0 Å². The van der Waals surface area contributed by atoms with Gasteiger partial charge >= 0.3 is 0 Å². The third-order valence-electron chi connectivity index (χ3n) is 4.05. The fraction of sp³-hybridized carbons (Fsp3) is 0.0952. The minimum absolute atomic E-state index is 0.0183. The molecular weight excluding hydrogens is 490 g/mol. The Morgan fingerprint density at radius 3 is 2.57 bits per heavy atom. The quantitative estimate of drug-likeness (QED) is 0.361. The van der Waals surface area contributed by atoms with Gasteiger partial charge in [-0.25, -0.2) is 0 Å². The van der Waals surface area contributed by atoms with E-state index in [2.05, 4.69) is 32.1 Å². The van der Waals surface area contributed by atoms with Gasteiger partial charge in [0.15, 0.2) is 11.7 Å². The number of halogens is 2. The molecule has 0 aromatic heterocycles. The Morgan fingerprint density at radius 2 is 1.77 bits per heavy atom. The average Bonchev–Trinajstić information content (AvgIpc) is 2.72.